The Hall–Kier alpha value is -2.43. The van der Waals surface area contributed by atoms with Gasteiger partial charge in [0.05, 0.1) is 18.3 Å². The number of hydrogen-bond donors (Lipinski definition) is 0. The molecular formula is C19H21NO4. The van der Waals surface area contributed by atoms with Crippen molar-refractivity contribution in [3.8, 4) is 5.75 Å². The Morgan fingerprint density at radius 2 is 1.71 bits per heavy atom. The second-order valence-electron chi connectivity index (χ2n) is 6.45. The molecule has 5 heteroatoms. The lowest BCUT2D eigenvalue weighted by molar-refractivity contribution is -0.141. The van der Waals surface area contributed by atoms with Crippen LogP contribution in [0.4, 0.5) is 0 Å². The number of carbonyl (C=O) groups is 3. The van der Waals surface area contributed by atoms with E-state index in [2.05, 4.69) is 0 Å². The van der Waals surface area contributed by atoms with Crippen LogP contribution in [-0.4, -0.2) is 29.2 Å². The van der Waals surface area contributed by atoms with Gasteiger partial charge >= 0.3 is 5.97 Å². The van der Waals surface area contributed by atoms with E-state index < -0.39 is 5.97 Å². The summed E-state index contributed by atoms with van der Waals surface area (Å²) in [4.78, 5) is 37.9. The molecule has 1 heterocycles. The summed E-state index contributed by atoms with van der Waals surface area (Å²) in [5, 5.41) is 0. The zero-order valence-electron chi connectivity index (χ0n) is 14.0. The second-order valence-corrected chi connectivity index (χ2v) is 6.45. The van der Waals surface area contributed by atoms with E-state index in [4.69, 9.17) is 4.74 Å². The number of amides is 2. The molecule has 3 rings (SSSR count). The molecule has 2 atom stereocenters. The first-order valence-electron chi connectivity index (χ1n) is 8.25. The number of benzene rings is 1. The Balaban J connectivity index is 1.57. The lowest BCUT2D eigenvalue weighted by Crippen LogP contribution is -2.33. The van der Waals surface area contributed by atoms with Crippen molar-refractivity contribution >= 4 is 17.8 Å². The second kappa shape index (κ2) is 6.59. The molecule has 0 aromatic heterocycles. The number of allylic oxidation sites excluding steroid dienone is 2. The van der Waals surface area contributed by atoms with Gasteiger partial charge in [-0.25, -0.2) is 0 Å². The molecule has 0 spiro atoms. The number of imide groups is 1. The van der Waals surface area contributed by atoms with Crippen molar-refractivity contribution in [3.05, 3.63) is 41.5 Å². The van der Waals surface area contributed by atoms with Crippen molar-refractivity contribution in [2.75, 3.05) is 6.54 Å². The molecular weight excluding hydrogens is 306 g/mol. The summed E-state index contributed by atoms with van der Waals surface area (Å²) in [6.07, 6.45) is 5.13. The Bertz CT molecular complexity index is 696. The lowest BCUT2D eigenvalue weighted by Gasteiger charge is -2.14. The topological polar surface area (TPSA) is 63.7 Å². The Morgan fingerprint density at radius 3 is 2.29 bits per heavy atom. The molecule has 0 bridgehead atoms. The molecule has 2 aliphatic rings. The molecule has 0 radical (unpaired) electrons. The molecule has 1 aromatic rings. The van der Waals surface area contributed by atoms with Gasteiger partial charge in [0.15, 0.2) is 0 Å². The van der Waals surface area contributed by atoms with Gasteiger partial charge in [0.25, 0.3) is 0 Å². The standard InChI is InChI=1S/C19H21NO4/c1-12-7-8-14(11-13(12)2)24-17(21)9-10-20-18(22)15-5-3-4-6-16(15)19(20)23/h3-4,7-8,11,15-16H,5-6,9-10H2,1-2H3/t15-,16-/m1/s1. The molecule has 0 N–H and O–H groups in total. The fraction of sp³-hybridized carbons (Fsp3) is 0.421. The predicted molar refractivity (Wildman–Crippen MR) is 88.2 cm³/mol. The van der Waals surface area contributed by atoms with Crippen LogP contribution < -0.4 is 4.74 Å². The van der Waals surface area contributed by atoms with Crippen LogP contribution >= 0.6 is 0 Å². The monoisotopic (exact) mass is 327 g/mol. The average molecular weight is 327 g/mol. The molecule has 1 aromatic carbocycles. The maximum Gasteiger partial charge on any atom is 0.312 e. The average Bonchev–Trinajstić information content (AvgIpc) is 2.81. The highest BCUT2D eigenvalue weighted by atomic mass is 16.5. The molecule has 5 nitrogen and oxygen atoms in total. The number of fused-ring (bicyclic) bond motifs is 1. The highest BCUT2D eigenvalue weighted by Gasteiger charge is 2.46. The van der Waals surface area contributed by atoms with Gasteiger partial charge in [0, 0.05) is 6.54 Å². The van der Waals surface area contributed by atoms with E-state index in [1.54, 1.807) is 12.1 Å². The molecule has 1 saturated heterocycles. The van der Waals surface area contributed by atoms with E-state index in [-0.39, 0.29) is 36.6 Å². The molecule has 0 unspecified atom stereocenters. The van der Waals surface area contributed by atoms with Crippen LogP contribution in [0.15, 0.2) is 30.4 Å². The van der Waals surface area contributed by atoms with E-state index in [0.717, 1.165) is 11.1 Å². The summed E-state index contributed by atoms with van der Waals surface area (Å²) in [5.74, 6) is -0.773. The van der Waals surface area contributed by atoms with Gasteiger partial charge in [0.2, 0.25) is 11.8 Å². The third-order valence-electron chi connectivity index (χ3n) is 4.85. The molecule has 1 aliphatic heterocycles. The van der Waals surface area contributed by atoms with Gasteiger partial charge in [-0.3, -0.25) is 19.3 Å². The van der Waals surface area contributed by atoms with E-state index >= 15 is 0 Å². The van der Waals surface area contributed by atoms with Crippen LogP contribution in [0.25, 0.3) is 0 Å². The minimum atomic E-state index is -0.438. The SMILES string of the molecule is Cc1ccc(OC(=O)CCN2C(=O)[C@@H]3CC=CC[C@H]3C2=O)cc1C. The van der Waals surface area contributed by atoms with Crippen LogP contribution in [0.2, 0.25) is 0 Å². The highest BCUT2D eigenvalue weighted by Crippen LogP contribution is 2.35. The van der Waals surface area contributed by atoms with Gasteiger partial charge < -0.3 is 4.74 Å². The van der Waals surface area contributed by atoms with Crippen molar-refractivity contribution in [1.82, 2.24) is 4.90 Å². The molecule has 24 heavy (non-hydrogen) atoms. The summed E-state index contributed by atoms with van der Waals surface area (Å²) in [6, 6.07) is 5.44. The van der Waals surface area contributed by atoms with E-state index in [9.17, 15) is 14.4 Å². The maximum absolute atomic E-state index is 12.3. The Morgan fingerprint density at radius 1 is 1.08 bits per heavy atom. The maximum atomic E-state index is 12.3. The summed E-state index contributed by atoms with van der Waals surface area (Å²) >= 11 is 0. The van der Waals surface area contributed by atoms with E-state index in [1.165, 1.54) is 4.90 Å². The Kier molecular flexibility index (Phi) is 4.51. The normalized spacial score (nSPS) is 22.7. The number of nitrogens with zero attached hydrogens (tertiary/aromatic N) is 1. The molecule has 1 fully saturated rings. The van der Waals surface area contributed by atoms with Crippen LogP contribution in [0.3, 0.4) is 0 Å². The van der Waals surface area contributed by atoms with E-state index in [0.29, 0.717) is 18.6 Å². The number of esters is 1. The number of carbonyl (C=O) groups excluding carboxylic acids is 3. The number of rotatable bonds is 4. The van der Waals surface area contributed by atoms with Gasteiger partial charge in [-0.2, -0.15) is 0 Å². The van der Waals surface area contributed by atoms with Gasteiger partial charge in [-0.05, 0) is 49.9 Å². The molecule has 126 valence electrons. The number of ether oxygens (including phenoxy) is 1. The zero-order valence-corrected chi connectivity index (χ0v) is 14.0. The predicted octanol–water partition coefficient (Wildman–Crippen LogP) is 2.55. The quantitative estimate of drug-likeness (QED) is 0.369. The summed E-state index contributed by atoms with van der Waals surface area (Å²) in [7, 11) is 0. The highest BCUT2D eigenvalue weighted by molar-refractivity contribution is 6.05. The van der Waals surface area contributed by atoms with Crippen molar-refractivity contribution in [2.24, 2.45) is 11.8 Å². The van der Waals surface area contributed by atoms with Crippen molar-refractivity contribution in [3.63, 3.8) is 0 Å². The number of hydrogen-bond acceptors (Lipinski definition) is 4. The van der Waals surface area contributed by atoms with Crippen molar-refractivity contribution < 1.29 is 19.1 Å². The fourth-order valence-electron chi connectivity index (χ4n) is 3.25. The van der Waals surface area contributed by atoms with Crippen molar-refractivity contribution in [1.29, 1.82) is 0 Å². The van der Waals surface area contributed by atoms with E-state index in [1.807, 2.05) is 32.1 Å². The Labute approximate surface area is 141 Å². The summed E-state index contributed by atoms with van der Waals surface area (Å²) < 4.78 is 5.30. The first-order chi connectivity index (χ1) is 11.5. The fourth-order valence-corrected chi connectivity index (χ4v) is 3.25. The first kappa shape index (κ1) is 16.4. The third kappa shape index (κ3) is 3.11. The molecule has 2 amide bonds. The zero-order chi connectivity index (χ0) is 17.3. The van der Waals surface area contributed by atoms with Crippen LogP contribution in [0.5, 0.6) is 5.75 Å². The number of likely N-dealkylation sites (tertiary alicyclic amines) is 1. The lowest BCUT2D eigenvalue weighted by atomic mass is 9.85. The van der Waals surface area contributed by atoms with Crippen LogP contribution in [0.1, 0.15) is 30.4 Å². The minimum Gasteiger partial charge on any atom is -0.426 e. The summed E-state index contributed by atoms with van der Waals surface area (Å²) in [5.41, 5.74) is 2.17. The van der Waals surface area contributed by atoms with Gasteiger partial charge in [-0.15, -0.1) is 0 Å². The van der Waals surface area contributed by atoms with Crippen molar-refractivity contribution in [2.45, 2.75) is 33.1 Å². The molecule has 0 saturated carbocycles. The van der Waals surface area contributed by atoms with Crippen LogP contribution in [-0.2, 0) is 14.4 Å². The minimum absolute atomic E-state index is 0.0112. The first-order valence-corrected chi connectivity index (χ1v) is 8.25. The number of aryl methyl sites for hydroxylation is 2. The van der Waals surface area contributed by atoms with Gasteiger partial charge in [-0.1, -0.05) is 18.2 Å². The molecule has 1 aliphatic carbocycles. The summed E-state index contributed by atoms with van der Waals surface area (Å²) in [6.45, 7) is 4.03. The van der Waals surface area contributed by atoms with Crippen LogP contribution in [0, 0.1) is 25.7 Å². The third-order valence-corrected chi connectivity index (χ3v) is 4.85. The smallest absolute Gasteiger partial charge is 0.312 e. The largest absolute Gasteiger partial charge is 0.426 e. The van der Waals surface area contributed by atoms with Gasteiger partial charge in [0.1, 0.15) is 5.75 Å².